The van der Waals surface area contributed by atoms with E-state index in [0.29, 0.717) is 0 Å². The van der Waals surface area contributed by atoms with Crippen molar-refractivity contribution in [2.24, 2.45) is 0 Å². The van der Waals surface area contributed by atoms with Crippen LogP contribution in [0.5, 0.6) is 0 Å². The summed E-state index contributed by atoms with van der Waals surface area (Å²) in [6.45, 7) is -0.516. The number of hydrogen-bond acceptors (Lipinski definition) is 4. The molecule has 5 rings (SSSR count). The van der Waals surface area contributed by atoms with Crippen LogP contribution in [0.2, 0.25) is 15.1 Å². The molecule has 0 N–H and O–H groups in total. The molecule has 2 bridgehead atoms. The molecule has 0 amide bonds. The Hall–Kier alpha value is -1.80. The Morgan fingerprint density at radius 2 is 1.65 bits per heavy atom. The van der Waals surface area contributed by atoms with E-state index in [4.69, 9.17) is 44.3 Å². The van der Waals surface area contributed by atoms with Gasteiger partial charge in [0.2, 0.25) is 0 Å². The van der Waals surface area contributed by atoms with Gasteiger partial charge < -0.3 is 14.4 Å². The quantitative estimate of drug-likeness (QED) is 0.380. The van der Waals surface area contributed by atoms with Gasteiger partial charge in [0, 0.05) is 6.54 Å². The molecule has 0 radical (unpaired) electrons. The van der Waals surface area contributed by atoms with E-state index in [1.807, 2.05) is 0 Å². The predicted octanol–water partition coefficient (Wildman–Crippen LogP) is 5.74. The van der Waals surface area contributed by atoms with Gasteiger partial charge in [0.1, 0.15) is 18.2 Å². The summed E-state index contributed by atoms with van der Waals surface area (Å²) < 4.78 is 95.9. The minimum Gasteiger partial charge on any atom is -0.466 e. The minimum atomic E-state index is -5.23. The molecule has 0 aromatic heterocycles. The fraction of sp³-hybridized carbons (Fsp3) is 0.389. The second-order valence-corrected chi connectivity index (χ2v) is 8.18. The number of allylic oxidation sites excluding steroid dienone is 1. The van der Waals surface area contributed by atoms with Crippen LogP contribution in [0.15, 0.2) is 35.2 Å². The summed E-state index contributed by atoms with van der Waals surface area (Å²) in [6, 6.07) is 2.92. The smallest absolute Gasteiger partial charge is 0.439 e. The Morgan fingerprint density at radius 1 is 1.03 bits per heavy atom. The van der Waals surface area contributed by atoms with Crippen LogP contribution in [0.25, 0.3) is 0 Å². The van der Waals surface area contributed by atoms with Gasteiger partial charge in [0.05, 0.1) is 33.3 Å². The molecule has 2 atom stereocenters. The van der Waals surface area contributed by atoms with E-state index < -0.39 is 52.7 Å². The number of ether oxygens (including phenoxy) is 2. The number of benzene rings is 1. The second kappa shape index (κ2) is 6.85. The van der Waals surface area contributed by atoms with Crippen LogP contribution < -0.4 is 0 Å². The number of hydrogen-bond donors (Lipinski definition) is 0. The van der Waals surface area contributed by atoms with Crippen molar-refractivity contribution in [3.8, 4) is 6.07 Å². The number of fused-ring (bicyclic) bond motifs is 1. The number of halogens is 9. The summed E-state index contributed by atoms with van der Waals surface area (Å²) in [6.07, 6.45) is -10.2. The first-order valence-electron chi connectivity index (χ1n) is 8.50. The molecule has 1 saturated heterocycles. The largest absolute Gasteiger partial charge is 0.466 e. The molecule has 166 valence electrons. The topological polar surface area (TPSA) is 45.5 Å². The summed E-state index contributed by atoms with van der Waals surface area (Å²) in [5.41, 5.74) is -9.29. The standard InChI is InChI=1S/C18H9Cl3F6N2O2/c19-10-3-8(4-11(20)12(10)21)15(17(22,23)24)5-9(6-28)16(18(25,26)27)13(14(15)31-16)29-1-2-30-7-29/h3-5H,1-2,7H2. The van der Waals surface area contributed by atoms with Crippen LogP contribution in [0.1, 0.15) is 5.56 Å². The molecule has 0 saturated carbocycles. The van der Waals surface area contributed by atoms with Crippen molar-refractivity contribution < 1.29 is 35.8 Å². The van der Waals surface area contributed by atoms with Gasteiger partial charge in [-0.15, -0.1) is 0 Å². The Kier molecular flexibility index (Phi) is 4.95. The molecule has 31 heavy (non-hydrogen) atoms. The molecule has 0 spiro atoms. The molecule has 4 nitrogen and oxygen atoms in total. The van der Waals surface area contributed by atoms with Crippen molar-refractivity contribution in [2.75, 3.05) is 19.9 Å². The Labute approximate surface area is 186 Å². The van der Waals surface area contributed by atoms with Gasteiger partial charge in [0.25, 0.3) is 5.60 Å². The van der Waals surface area contributed by atoms with Crippen LogP contribution in [-0.4, -0.2) is 42.7 Å². The summed E-state index contributed by atoms with van der Waals surface area (Å²) >= 11 is 17.7. The van der Waals surface area contributed by atoms with Crippen molar-refractivity contribution in [1.82, 2.24) is 4.90 Å². The van der Waals surface area contributed by atoms with E-state index in [-0.39, 0.29) is 34.3 Å². The summed E-state index contributed by atoms with van der Waals surface area (Å²) in [7, 11) is 0. The molecular weight excluding hydrogens is 497 g/mol. The van der Waals surface area contributed by atoms with Crippen LogP contribution >= 0.6 is 34.8 Å². The van der Waals surface area contributed by atoms with Crippen LogP contribution in [0.3, 0.4) is 0 Å². The van der Waals surface area contributed by atoms with Gasteiger partial charge >= 0.3 is 12.4 Å². The molecule has 3 heterocycles. The molecule has 1 aromatic carbocycles. The zero-order chi connectivity index (χ0) is 23.0. The van der Waals surface area contributed by atoms with E-state index in [1.54, 1.807) is 0 Å². The third-order valence-corrected chi connectivity index (χ3v) is 6.57. The lowest BCUT2D eigenvalue weighted by molar-refractivity contribution is -0.283. The maximum absolute atomic E-state index is 14.6. The van der Waals surface area contributed by atoms with Crippen molar-refractivity contribution in [2.45, 2.75) is 23.4 Å². The second-order valence-electron chi connectivity index (χ2n) is 6.99. The molecular formula is C18H9Cl3F6N2O2. The minimum absolute atomic E-state index is 0.00601. The van der Waals surface area contributed by atoms with Gasteiger partial charge in [-0.2, -0.15) is 31.6 Å². The number of nitrogens with zero attached hydrogens (tertiary/aromatic N) is 2. The van der Waals surface area contributed by atoms with Crippen molar-refractivity contribution in [3.05, 3.63) is 55.9 Å². The van der Waals surface area contributed by atoms with Gasteiger partial charge in [-0.05, 0) is 23.8 Å². The van der Waals surface area contributed by atoms with Gasteiger partial charge in [-0.3, -0.25) is 0 Å². The van der Waals surface area contributed by atoms with Crippen molar-refractivity contribution >= 4 is 34.8 Å². The monoisotopic (exact) mass is 504 g/mol. The highest BCUT2D eigenvalue weighted by Crippen LogP contribution is 2.66. The first kappa shape index (κ1) is 22.4. The van der Waals surface area contributed by atoms with Crippen molar-refractivity contribution in [1.29, 1.82) is 5.26 Å². The van der Waals surface area contributed by atoms with Crippen LogP contribution in [0.4, 0.5) is 26.3 Å². The fourth-order valence-corrected chi connectivity index (χ4v) is 4.58. The van der Waals surface area contributed by atoms with Gasteiger partial charge in [0.15, 0.2) is 5.41 Å². The number of alkyl halides is 6. The highest BCUT2D eigenvalue weighted by atomic mass is 35.5. The molecule has 2 unspecified atom stereocenters. The molecule has 1 fully saturated rings. The van der Waals surface area contributed by atoms with E-state index in [9.17, 15) is 31.6 Å². The van der Waals surface area contributed by atoms with E-state index >= 15 is 0 Å². The SMILES string of the molecule is N#CC1=CC(c2cc(Cl)c(Cl)c(Cl)c2)(C(F)(F)F)C2=C(N3CCOC3)C1(C(F)(F)F)O2. The highest BCUT2D eigenvalue weighted by molar-refractivity contribution is 6.48. The number of rotatable bonds is 2. The highest BCUT2D eigenvalue weighted by Gasteiger charge is 2.79. The molecule has 1 aliphatic carbocycles. The Balaban J connectivity index is 2.09. The maximum Gasteiger partial charge on any atom is 0.439 e. The lowest BCUT2D eigenvalue weighted by Gasteiger charge is -2.56. The van der Waals surface area contributed by atoms with Gasteiger partial charge in [-0.1, -0.05) is 34.8 Å². The molecule has 3 aliphatic heterocycles. The van der Waals surface area contributed by atoms with E-state index in [0.717, 1.165) is 17.0 Å². The summed E-state index contributed by atoms with van der Waals surface area (Å²) in [4.78, 5) is 0.982. The molecule has 1 aromatic rings. The predicted molar refractivity (Wildman–Crippen MR) is 97.3 cm³/mol. The summed E-state index contributed by atoms with van der Waals surface area (Å²) in [5, 5.41) is 8.53. The zero-order valence-corrected chi connectivity index (χ0v) is 17.2. The summed E-state index contributed by atoms with van der Waals surface area (Å²) in [5.74, 6) is -1.02. The first-order chi connectivity index (χ1) is 14.3. The lowest BCUT2D eigenvalue weighted by Crippen LogP contribution is -2.68. The average Bonchev–Trinajstić information content (AvgIpc) is 3.16. The lowest BCUT2D eigenvalue weighted by atomic mass is 9.64. The molecule has 13 heteroatoms. The van der Waals surface area contributed by atoms with E-state index in [1.165, 1.54) is 6.07 Å². The average molecular weight is 506 g/mol. The zero-order valence-electron chi connectivity index (χ0n) is 15.0. The van der Waals surface area contributed by atoms with Crippen LogP contribution in [-0.2, 0) is 14.9 Å². The third-order valence-electron chi connectivity index (χ3n) is 5.38. The Morgan fingerprint density at radius 3 is 2.10 bits per heavy atom. The van der Waals surface area contributed by atoms with E-state index in [2.05, 4.69) is 0 Å². The fourth-order valence-electron chi connectivity index (χ4n) is 3.98. The Bertz CT molecular complexity index is 1050. The normalized spacial score (nSPS) is 28.1. The maximum atomic E-state index is 14.6. The van der Waals surface area contributed by atoms with Crippen LogP contribution in [0, 0.1) is 11.3 Å². The molecule has 4 aliphatic rings. The number of nitriles is 1. The first-order valence-corrected chi connectivity index (χ1v) is 9.63. The van der Waals surface area contributed by atoms with Gasteiger partial charge in [-0.25, -0.2) is 0 Å². The third kappa shape index (κ3) is 2.80. The van der Waals surface area contributed by atoms with Crippen molar-refractivity contribution in [3.63, 3.8) is 0 Å².